The van der Waals surface area contributed by atoms with Crippen LogP contribution in [0.3, 0.4) is 0 Å². The van der Waals surface area contributed by atoms with Crippen molar-refractivity contribution in [1.29, 1.82) is 0 Å². The third kappa shape index (κ3) is 3.00. The molecule has 0 radical (unpaired) electrons. The van der Waals surface area contributed by atoms with Gasteiger partial charge in [0.25, 0.3) is 0 Å². The van der Waals surface area contributed by atoms with E-state index in [4.69, 9.17) is 21.4 Å². The van der Waals surface area contributed by atoms with E-state index in [1.54, 1.807) is 0 Å². The monoisotopic (exact) mass is 288 g/mol. The molecule has 0 unspecified atom stereocenters. The molecule has 0 aliphatic carbocycles. The van der Waals surface area contributed by atoms with Crippen LogP contribution in [0.2, 0.25) is 5.02 Å². The Kier molecular flexibility index (Phi) is 3.66. The molecule has 1 aromatic carbocycles. The average Bonchev–Trinajstić information content (AvgIpc) is 2.72. The molecule has 5 nitrogen and oxygen atoms in total. The number of nitrogens with zero attached hydrogens (tertiary/aromatic N) is 2. The van der Waals surface area contributed by atoms with E-state index >= 15 is 0 Å². The number of hydrogen-bond acceptors (Lipinski definition) is 3. The van der Waals surface area contributed by atoms with Crippen molar-refractivity contribution in [2.24, 2.45) is 0 Å². The van der Waals surface area contributed by atoms with E-state index < -0.39 is 17.6 Å². The summed E-state index contributed by atoms with van der Waals surface area (Å²) in [6, 6.07) is 3.03. The van der Waals surface area contributed by atoms with E-state index in [0.29, 0.717) is 0 Å². The lowest BCUT2D eigenvalue weighted by Crippen LogP contribution is -2.07. The summed E-state index contributed by atoms with van der Waals surface area (Å²) in [5, 5.41) is 12.4. The maximum Gasteiger partial charge on any atom is 0.357 e. The maximum absolute atomic E-state index is 12.9. The molecular weight excluding hydrogens is 282 g/mol. The molecule has 0 aliphatic heterocycles. The first kappa shape index (κ1) is 13.3. The van der Waals surface area contributed by atoms with Gasteiger partial charge in [0.05, 0.1) is 5.02 Å². The van der Waals surface area contributed by atoms with Crippen molar-refractivity contribution in [2.45, 2.75) is 6.73 Å². The van der Waals surface area contributed by atoms with Gasteiger partial charge in [-0.2, -0.15) is 5.10 Å². The molecule has 0 bridgehead atoms. The lowest BCUT2D eigenvalue weighted by Gasteiger charge is -2.06. The summed E-state index contributed by atoms with van der Waals surface area (Å²) >= 11 is 5.64. The second kappa shape index (κ2) is 5.23. The van der Waals surface area contributed by atoms with E-state index in [0.717, 1.165) is 16.8 Å². The summed E-state index contributed by atoms with van der Waals surface area (Å²) < 4.78 is 31.8. The number of hydrogen-bond donors (Lipinski definition) is 1. The smallest absolute Gasteiger partial charge is 0.357 e. The number of halogens is 3. The van der Waals surface area contributed by atoms with E-state index in [1.165, 1.54) is 12.3 Å². The van der Waals surface area contributed by atoms with Gasteiger partial charge in [0.15, 0.2) is 24.1 Å². The second-order valence-electron chi connectivity index (χ2n) is 3.52. The van der Waals surface area contributed by atoms with Crippen molar-refractivity contribution >= 4 is 17.6 Å². The summed E-state index contributed by atoms with van der Waals surface area (Å²) in [5.41, 5.74) is -0.310. The number of aromatic carboxylic acids is 1. The van der Waals surface area contributed by atoms with Crippen LogP contribution in [0, 0.1) is 11.6 Å². The summed E-state index contributed by atoms with van der Waals surface area (Å²) in [7, 11) is 0. The molecule has 2 aromatic rings. The molecule has 0 fully saturated rings. The number of carboxylic acid groups (broad SMARTS) is 1. The molecule has 0 saturated carbocycles. The predicted octanol–water partition coefficient (Wildman–Crippen LogP) is 2.55. The van der Waals surface area contributed by atoms with Gasteiger partial charge in [0.1, 0.15) is 5.75 Å². The Morgan fingerprint density at radius 2 is 2.16 bits per heavy atom. The van der Waals surface area contributed by atoms with Crippen LogP contribution in [0.4, 0.5) is 8.78 Å². The van der Waals surface area contributed by atoms with Crippen molar-refractivity contribution in [3.8, 4) is 5.75 Å². The van der Waals surface area contributed by atoms with Crippen molar-refractivity contribution in [1.82, 2.24) is 9.78 Å². The number of ether oxygens (including phenoxy) is 1. The number of benzene rings is 1. The quantitative estimate of drug-likeness (QED) is 0.939. The van der Waals surface area contributed by atoms with Gasteiger partial charge in [-0.15, -0.1) is 0 Å². The summed E-state index contributed by atoms with van der Waals surface area (Å²) in [6.07, 6.45) is 1.25. The molecule has 0 amide bonds. The molecule has 1 aromatic heterocycles. The van der Waals surface area contributed by atoms with Crippen LogP contribution in [0.5, 0.6) is 5.75 Å². The van der Waals surface area contributed by atoms with Gasteiger partial charge >= 0.3 is 5.97 Å². The molecule has 19 heavy (non-hydrogen) atoms. The maximum atomic E-state index is 12.9. The van der Waals surface area contributed by atoms with Crippen molar-refractivity contribution in [3.63, 3.8) is 0 Å². The first-order valence-electron chi connectivity index (χ1n) is 5.01. The minimum Gasteiger partial charge on any atom is -0.476 e. The minimum atomic E-state index is -1.27. The van der Waals surface area contributed by atoms with Crippen LogP contribution in [-0.2, 0) is 6.73 Å². The highest BCUT2D eigenvalue weighted by Gasteiger charge is 2.14. The Balaban J connectivity index is 2.08. The zero-order valence-electron chi connectivity index (χ0n) is 9.31. The molecule has 0 saturated heterocycles. The highest BCUT2D eigenvalue weighted by atomic mass is 35.5. The molecule has 0 aliphatic rings. The van der Waals surface area contributed by atoms with Gasteiger partial charge < -0.3 is 9.84 Å². The van der Waals surface area contributed by atoms with Crippen molar-refractivity contribution < 1.29 is 23.4 Å². The second-order valence-corrected chi connectivity index (χ2v) is 3.93. The van der Waals surface area contributed by atoms with E-state index in [9.17, 15) is 13.6 Å². The van der Waals surface area contributed by atoms with Crippen LogP contribution in [0.1, 0.15) is 10.5 Å². The number of carboxylic acids is 1. The van der Waals surface area contributed by atoms with Gasteiger partial charge in [-0.05, 0) is 12.1 Å². The number of aromatic nitrogens is 2. The van der Waals surface area contributed by atoms with Crippen LogP contribution in [-0.4, -0.2) is 20.9 Å². The lowest BCUT2D eigenvalue weighted by molar-refractivity contribution is 0.0688. The van der Waals surface area contributed by atoms with Crippen LogP contribution in [0.25, 0.3) is 0 Å². The zero-order valence-corrected chi connectivity index (χ0v) is 10.1. The Labute approximate surface area is 111 Å². The van der Waals surface area contributed by atoms with Gasteiger partial charge in [-0.3, -0.25) is 0 Å². The van der Waals surface area contributed by atoms with Crippen LogP contribution < -0.4 is 4.74 Å². The summed E-state index contributed by atoms with van der Waals surface area (Å²) in [4.78, 5) is 10.7. The fourth-order valence-corrected chi connectivity index (χ4v) is 1.55. The molecule has 0 atom stereocenters. The third-order valence-corrected chi connectivity index (χ3v) is 2.45. The Bertz CT molecular complexity index is 630. The SMILES string of the molecule is O=C(O)c1nn(COc2ccc(F)c(F)c2)cc1Cl. The minimum absolute atomic E-state index is 0.0404. The van der Waals surface area contributed by atoms with E-state index in [-0.39, 0.29) is 23.2 Å². The van der Waals surface area contributed by atoms with Gasteiger partial charge in [-0.25, -0.2) is 18.3 Å². The topological polar surface area (TPSA) is 64.3 Å². The normalized spacial score (nSPS) is 10.5. The van der Waals surface area contributed by atoms with E-state index in [1.807, 2.05) is 0 Å². The summed E-state index contributed by atoms with van der Waals surface area (Å²) in [6.45, 7) is -0.182. The fraction of sp³-hybridized carbons (Fsp3) is 0.0909. The van der Waals surface area contributed by atoms with Gasteiger partial charge in [0.2, 0.25) is 0 Å². The Morgan fingerprint density at radius 1 is 1.42 bits per heavy atom. The number of rotatable bonds is 4. The number of carbonyl (C=O) groups is 1. The average molecular weight is 289 g/mol. The first-order chi connectivity index (χ1) is 8.97. The first-order valence-corrected chi connectivity index (χ1v) is 5.39. The molecule has 1 N–H and O–H groups in total. The molecular formula is C11H7ClF2N2O3. The highest BCUT2D eigenvalue weighted by molar-refractivity contribution is 6.33. The van der Waals surface area contributed by atoms with Crippen molar-refractivity contribution in [3.05, 3.63) is 46.7 Å². The lowest BCUT2D eigenvalue weighted by atomic mass is 10.3. The summed E-state index contributed by atoms with van der Waals surface area (Å²) in [5.74, 6) is -3.20. The zero-order chi connectivity index (χ0) is 14.0. The van der Waals surface area contributed by atoms with Crippen LogP contribution in [0.15, 0.2) is 24.4 Å². The third-order valence-electron chi connectivity index (χ3n) is 2.17. The largest absolute Gasteiger partial charge is 0.476 e. The molecule has 2 rings (SSSR count). The van der Waals surface area contributed by atoms with Crippen molar-refractivity contribution in [2.75, 3.05) is 0 Å². The molecule has 100 valence electrons. The van der Waals surface area contributed by atoms with Gasteiger partial charge in [0, 0.05) is 12.3 Å². The highest BCUT2D eigenvalue weighted by Crippen LogP contribution is 2.17. The molecule has 1 heterocycles. The molecule has 0 spiro atoms. The Hall–Kier alpha value is -2.15. The standard InChI is InChI=1S/C11H7ClF2N2O3/c12-7-4-16(15-10(7)11(17)18)5-19-6-1-2-8(13)9(14)3-6/h1-4H,5H2,(H,17,18). The van der Waals surface area contributed by atoms with E-state index in [2.05, 4.69) is 5.10 Å². The van der Waals surface area contributed by atoms with Crippen LogP contribution >= 0.6 is 11.6 Å². The van der Waals surface area contributed by atoms with Gasteiger partial charge in [-0.1, -0.05) is 11.6 Å². The fourth-order valence-electron chi connectivity index (χ4n) is 1.32. The molecule has 8 heteroatoms. The predicted molar refractivity (Wildman–Crippen MR) is 61.2 cm³/mol. The Morgan fingerprint density at radius 3 is 2.74 bits per heavy atom.